The minimum Gasteiger partial charge on any atom is -0.475 e. The number of amides is 1. The molecule has 0 aliphatic heterocycles. The average Bonchev–Trinajstić information content (AvgIpc) is 2.59. The van der Waals surface area contributed by atoms with Crippen molar-refractivity contribution in [2.45, 2.75) is 38.4 Å². The van der Waals surface area contributed by atoms with Gasteiger partial charge < -0.3 is 10.1 Å². The van der Waals surface area contributed by atoms with Gasteiger partial charge in [-0.15, -0.1) is 0 Å². The van der Waals surface area contributed by atoms with Crippen LogP contribution in [0.25, 0.3) is 0 Å². The summed E-state index contributed by atoms with van der Waals surface area (Å²) in [5, 5.41) is 2.71. The van der Waals surface area contributed by atoms with E-state index in [9.17, 15) is 17.8 Å². The van der Waals surface area contributed by atoms with Crippen molar-refractivity contribution in [1.29, 1.82) is 0 Å². The molecule has 0 aliphatic carbocycles. The summed E-state index contributed by atoms with van der Waals surface area (Å²) in [6.07, 6.45) is -0.294. The number of carbonyl (C=O) groups is 1. The van der Waals surface area contributed by atoms with E-state index in [1.165, 1.54) is 19.1 Å². The van der Waals surface area contributed by atoms with E-state index >= 15 is 0 Å². The number of carbonyl (C=O) groups excluding carboxylic acids is 1. The van der Waals surface area contributed by atoms with Crippen molar-refractivity contribution in [3.63, 3.8) is 0 Å². The van der Waals surface area contributed by atoms with Gasteiger partial charge in [0.05, 0.1) is 4.90 Å². The summed E-state index contributed by atoms with van der Waals surface area (Å²) in [5.41, 5.74) is 1.39. The van der Waals surface area contributed by atoms with E-state index < -0.39 is 10.1 Å². The van der Waals surface area contributed by atoms with Crippen molar-refractivity contribution >= 4 is 21.7 Å². The van der Waals surface area contributed by atoms with Crippen LogP contribution in [0.5, 0.6) is 5.75 Å². The van der Waals surface area contributed by atoms with Gasteiger partial charge in [0.15, 0.2) is 0 Å². The van der Waals surface area contributed by atoms with Gasteiger partial charge in [-0.2, -0.15) is 8.42 Å². The highest BCUT2D eigenvalue weighted by Gasteiger charge is 2.16. The van der Waals surface area contributed by atoms with Gasteiger partial charge in [-0.05, 0) is 43.3 Å². The third-order valence-electron chi connectivity index (χ3n) is 3.96. The summed E-state index contributed by atoms with van der Waals surface area (Å²) >= 11 is 0. The van der Waals surface area contributed by atoms with Gasteiger partial charge in [0.1, 0.15) is 12.0 Å². The summed E-state index contributed by atoms with van der Waals surface area (Å²) in [7, 11) is -4.24. The van der Waals surface area contributed by atoms with E-state index in [1.54, 1.807) is 36.4 Å². The molecule has 2 aromatic rings. The highest BCUT2D eigenvalue weighted by Crippen LogP contribution is 2.21. The van der Waals surface area contributed by atoms with Crippen LogP contribution in [0.15, 0.2) is 53.4 Å². The van der Waals surface area contributed by atoms with Crippen LogP contribution in [0, 0.1) is 0 Å². The van der Waals surface area contributed by atoms with E-state index in [0.29, 0.717) is 24.5 Å². The Morgan fingerprint density at radius 1 is 1.22 bits per heavy atom. The fourth-order valence-corrected chi connectivity index (χ4v) is 3.21. The van der Waals surface area contributed by atoms with Gasteiger partial charge in [0, 0.05) is 25.2 Å². The first-order chi connectivity index (χ1) is 12.7. The molecule has 0 saturated carbocycles. The summed E-state index contributed by atoms with van der Waals surface area (Å²) in [6.45, 7) is 6.42. The van der Waals surface area contributed by atoms with Gasteiger partial charge in [-0.25, -0.2) is 0 Å². The van der Waals surface area contributed by atoms with E-state index in [1.807, 2.05) is 18.7 Å². The average molecular weight is 392 g/mol. The SMILES string of the molecule is CCN(Cc1cccc(S(=O)(=O)O)c1)C(C)Oc1cccc(NC(C)=O)c1. The minimum atomic E-state index is -4.24. The Labute approximate surface area is 159 Å². The Kier molecular flexibility index (Phi) is 6.95. The first-order valence-electron chi connectivity index (χ1n) is 8.54. The maximum atomic E-state index is 11.3. The highest BCUT2D eigenvalue weighted by atomic mass is 32.2. The molecule has 0 fully saturated rings. The largest absolute Gasteiger partial charge is 0.475 e. The Hall–Kier alpha value is -2.42. The van der Waals surface area contributed by atoms with Crippen molar-refractivity contribution < 1.29 is 22.5 Å². The molecule has 0 bridgehead atoms. The Morgan fingerprint density at radius 3 is 2.56 bits per heavy atom. The standard InChI is InChI=1S/C19H24N2O5S/c1-4-21(13-16-7-5-10-19(11-16)27(23,24)25)15(3)26-18-9-6-8-17(12-18)20-14(2)22/h5-12,15H,4,13H2,1-3H3,(H,20,22)(H,23,24,25). The first-order valence-corrected chi connectivity index (χ1v) is 9.98. The zero-order valence-electron chi connectivity index (χ0n) is 15.5. The number of hydrogen-bond donors (Lipinski definition) is 2. The molecule has 1 atom stereocenters. The van der Waals surface area contributed by atoms with Crippen LogP contribution in [0.2, 0.25) is 0 Å². The Balaban J connectivity index is 2.10. The number of hydrogen-bond acceptors (Lipinski definition) is 5. The molecule has 0 aromatic heterocycles. The molecule has 146 valence electrons. The molecule has 0 aliphatic rings. The van der Waals surface area contributed by atoms with Gasteiger partial charge in [0.2, 0.25) is 5.91 Å². The monoisotopic (exact) mass is 392 g/mol. The molecular weight excluding hydrogens is 368 g/mol. The molecule has 8 heteroatoms. The molecule has 0 spiro atoms. The summed E-state index contributed by atoms with van der Waals surface area (Å²) in [5.74, 6) is 0.452. The minimum absolute atomic E-state index is 0.132. The normalized spacial score (nSPS) is 12.6. The van der Waals surface area contributed by atoms with Crippen molar-refractivity contribution in [3.8, 4) is 5.75 Å². The van der Waals surface area contributed by atoms with Crippen molar-refractivity contribution in [2.75, 3.05) is 11.9 Å². The number of nitrogens with zero attached hydrogens (tertiary/aromatic N) is 1. The van der Waals surface area contributed by atoms with Crippen molar-refractivity contribution in [2.24, 2.45) is 0 Å². The number of anilines is 1. The molecular formula is C19H24N2O5S. The lowest BCUT2D eigenvalue weighted by Crippen LogP contribution is -2.36. The second-order valence-electron chi connectivity index (χ2n) is 6.11. The van der Waals surface area contributed by atoms with E-state index in [4.69, 9.17) is 4.74 Å². The molecule has 2 rings (SSSR count). The van der Waals surface area contributed by atoms with Gasteiger partial charge in [0.25, 0.3) is 10.1 Å². The summed E-state index contributed by atoms with van der Waals surface area (Å²) in [4.78, 5) is 13.1. The molecule has 0 saturated heterocycles. The van der Waals surface area contributed by atoms with Gasteiger partial charge in [-0.3, -0.25) is 14.2 Å². The second kappa shape index (κ2) is 8.98. The second-order valence-corrected chi connectivity index (χ2v) is 7.53. The van der Waals surface area contributed by atoms with Crippen LogP contribution in [0.4, 0.5) is 5.69 Å². The fourth-order valence-electron chi connectivity index (χ4n) is 2.66. The molecule has 1 amide bonds. The first kappa shape index (κ1) is 20.9. The number of nitrogens with one attached hydrogen (secondary N) is 1. The molecule has 2 N–H and O–H groups in total. The van der Waals surface area contributed by atoms with E-state index in [0.717, 1.165) is 5.56 Å². The number of ether oxygens (including phenoxy) is 1. The highest BCUT2D eigenvalue weighted by molar-refractivity contribution is 7.85. The fraction of sp³-hybridized carbons (Fsp3) is 0.316. The van der Waals surface area contributed by atoms with Crippen LogP contribution >= 0.6 is 0 Å². The van der Waals surface area contributed by atoms with Crippen LogP contribution in [-0.2, 0) is 21.5 Å². The van der Waals surface area contributed by atoms with Gasteiger partial charge in [-0.1, -0.05) is 25.1 Å². The maximum Gasteiger partial charge on any atom is 0.294 e. The third-order valence-corrected chi connectivity index (χ3v) is 4.81. The smallest absolute Gasteiger partial charge is 0.294 e. The zero-order chi connectivity index (χ0) is 20.0. The van der Waals surface area contributed by atoms with Crippen LogP contribution in [0.1, 0.15) is 26.3 Å². The van der Waals surface area contributed by atoms with Crippen molar-refractivity contribution in [3.05, 3.63) is 54.1 Å². The Bertz CT molecular complexity index is 898. The summed E-state index contributed by atoms with van der Waals surface area (Å²) in [6, 6.07) is 13.3. The lowest BCUT2D eigenvalue weighted by Gasteiger charge is -2.28. The van der Waals surface area contributed by atoms with Crippen LogP contribution in [-0.4, -0.2) is 36.6 Å². The molecule has 2 aromatic carbocycles. The Morgan fingerprint density at radius 2 is 1.93 bits per heavy atom. The molecule has 0 radical (unpaired) electrons. The predicted octanol–water partition coefficient (Wildman–Crippen LogP) is 3.14. The molecule has 27 heavy (non-hydrogen) atoms. The maximum absolute atomic E-state index is 11.3. The summed E-state index contributed by atoms with van der Waals surface area (Å²) < 4.78 is 37.8. The number of benzene rings is 2. The van der Waals surface area contributed by atoms with E-state index in [2.05, 4.69) is 5.32 Å². The third kappa shape index (κ3) is 6.35. The van der Waals surface area contributed by atoms with Crippen LogP contribution in [0.3, 0.4) is 0 Å². The lowest BCUT2D eigenvalue weighted by atomic mass is 10.2. The van der Waals surface area contributed by atoms with Gasteiger partial charge >= 0.3 is 0 Å². The molecule has 1 unspecified atom stereocenters. The quantitative estimate of drug-likeness (QED) is 0.529. The lowest BCUT2D eigenvalue weighted by molar-refractivity contribution is -0.114. The molecule has 7 nitrogen and oxygen atoms in total. The number of rotatable bonds is 8. The zero-order valence-corrected chi connectivity index (χ0v) is 16.4. The topological polar surface area (TPSA) is 95.9 Å². The van der Waals surface area contributed by atoms with Crippen molar-refractivity contribution in [1.82, 2.24) is 4.90 Å². The van der Waals surface area contributed by atoms with E-state index in [-0.39, 0.29) is 17.0 Å². The van der Waals surface area contributed by atoms with Crippen LogP contribution < -0.4 is 10.1 Å². The molecule has 0 heterocycles. The predicted molar refractivity (Wildman–Crippen MR) is 103 cm³/mol.